The van der Waals surface area contributed by atoms with E-state index in [1.54, 1.807) is 0 Å². The van der Waals surface area contributed by atoms with Gasteiger partial charge in [0.2, 0.25) is 0 Å². The van der Waals surface area contributed by atoms with Crippen LogP contribution in [0.5, 0.6) is 0 Å². The van der Waals surface area contributed by atoms with E-state index >= 15 is 0 Å². The number of aromatic nitrogens is 2. The van der Waals surface area contributed by atoms with Crippen molar-refractivity contribution < 1.29 is 0 Å². The number of hydrogen-bond acceptors (Lipinski definition) is 2. The van der Waals surface area contributed by atoms with Gasteiger partial charge in [-0.15, -0.1) is 0 Å². The molecule has 2 aromatic rings. The Bertz CT molecular complexity index is 531. The van der Waals surface area contributed by atoms with Gasteiger partial charge in [-0.3, -0.25) is 4.68 Å². The number of nitrogens with one attached hydrogen (secondary N) is 1. The van der Waals surface area contributed by atoms with E-state index in [1.807, 2.05) is 0 Å². The van der Waals surface area contributed by atoms with Gasteiger partial charge in [0.25, 0.3) is 0 Å². The Morgan fingerprint density at radius 2 is 2.00 bits per heavy atom. The van der Waals surface area contributed by atoms with E-state index < -0.39 is 0 Å². The third kappa shape index (κ3) is 3.62. The molecule has 3 nitrogen and oxygen atoms in total. The fraction of sp³-hybridized carbons (Fsp3) is 0.471. The molecule has 1 atom stereocenters. The molecule has 1 N–H and O–H groups in total. The molecule has 0 saturated carbocycles. The van der Waals surface area contributed by atoms with E-state index in [0.717, 1.165) is 25.1 Å². The fourth-order valence-corrected chi connectivity index (χ4v) is 2.27. The molecule has 0 spiro atoms. The van der Waals surface area contributed by atoms with E-state index in [2.05, 4.69) is 72.4 Å². The summed E-state index contributed by atoms with van der Waals surface area (Å²) < 4.78 is 2.05. The van der Waals surface area contributed by atoms with Crippen LogP contribution in [0, 0.1) is 0 Å². The van der Waals surface area contributed by atoms with Crippen LogP contribution >= 0.6 is 0 Å². The summed E-state index contributed by atoms with van der Waals surface area (Å²) in [5, 5.41) is 8.13. The van der Waals surface area contributed by atoms with Crippen molar-refractivity contribution >= 4 is 5.69 Å². The van der Waals surface area contributed by atoms with Crippen LogP contribution in [0.1, 0.15) is 50.9 Å². The summed E-state index contributed by atoms with van der Waals surface area (Å²) in [6.07, 6.45) is 5.46. The Labute approximate surface area is 122 Å². The molecule has 20 heavy (non-hydrogen) atoms. The van der Waals surface area contributed by atoms with Gasteiger partial charge in [0.15, 0.2) is 0 Å². The highest BCUT2D eigenvalue weighted by atomic mass is 15.3. The SMILES string of the molecule is CCCc1ccccc1NCc1ccn(C(C)CC)n1. The summed E-state index contributed by atoms with van der Waals surface area (Å²) in [4.78, 5) is 0. The predicted molar refractivity (Wildman–Crippen MR) is 85.0 cm³/mol. The molecule has 0 fully saturated rings. The third-order valence-corrected chi connectivity index (χ3v) is 3.70. The molecule has 108 valence electrons. The molecule has 0 aliphatic rings. The molecular formula is C17H25N3. The highest BCUT2D eigenvalue weighted by molar-refractivity contribution is 5.51. The number of benzene rings is 1. The molecule has 0 aliphatic carbocycles. The fourth-order valence-electron chi connectivity index (χ4n) is 2.27. The first kappa shape index (κ1) is 14.6. The second kappa shape index (κ2) is 7.13. The quantitative estimate of drug-likeness (QED) is 0.808. The maximum atomic E-state index is 4.63. The molecule has 0 amide bonds. The molecule has 1 unspecified atom stereocenters. The van der Waals surface area contributed by atoms with Crippen molar-refractivity contribution in [3.63, 3.8) is 0 Å². The number of para-hydroxylation sites is 1. The normalized spacial score (nSPS) is 12.3. The Balaban J connectivity index is 2.00. The Morgan fingerprint density at radius 1 is 1.20 bits per heavy atom. The van der Waals surface area contributed by atoms with Gasteiger partial charge in [-0.25, -0.2) is 0 Å². The summed E-state index contributed by atoms with van der Waals surface area (Å²) in [7, 11) is 0. The lowest BCUT2D eigenvalue weighted by atomic mass is 10.1. The van der Waals surface area contributed by atoms with E-state index in [0.29, 0.717) is 6.04 Å². The molecule has 3 heteroatoms. The summed E-state index contributed by atoms with van der Waals surface area (Å²) in [6, 6.07) is 11.1. The maximum absolute atomic E-state index is 4.63. The van der Waals surface area contributed by atoms with Crippen molar-refractivity contribution in [1.29, 1.82) is 0 Å². The van der Waals surface area contributed by atoms with Crippen LogP contribution in [-0.4, -0.2) is 9.78 Å². The molecular weight excluding hydrogens is 246 g/mol. The maximum Gasteiger partial charge on any atom is 0.0815 e. The zero-order valence-electron chi connectivity index (χ0n) is 12.8. The number of rotatable bonds is 7. The van der Waals surface area contributed by atoms with Crippen molar-refractivity contribution in [3.05, 3.63) is 47.8 Å². The van der Waals surface area contributed by atoms with Crippen LogP contribution in [0.25, 0.3) is 0 Å². The molecule has 0 saturated heterocycles. The smallest absolute Gasteiger partial charge is 0.0815 e. The lowest BCUT2D eigenvalue weighted by Gasteiger charge is -2.11. The lowest BCUT2D eigenvalue weighted by molar-refractivity contribution is 0.474. The van der Waals surface area contributed by atoms with E-state index in [4.69, 9.17) is 0 Å². The van der Waals surface area contributed by atoms with Gasteiger partial charge >= 0.3 is 0 Å². The van der Waals surface area contributed by atoms with Gasteiger partial charge in [0.1, 0.15) is 0 Å². The van der Waals surface area contributed by atoms with E-state index in [1.165, 1.54) is 17.7 Å². The van der Waals surface area contributed by atoms with Gasteiger partial charge in [-0.05, 0) is 37.5 Å². The third-order valence-electron chi connectivity index (χ3n) is 3.70. The van der Waals surface area contributed by atoms with Crippen molar-refractivity contribution in [2.75, 3.05) is 5.32 Å². The molecule has 0 radical (unpaired) electrons. The Hall–Kier alpha value is -1.77. The summed E-state index contributed by atoms with van der Waals surface area (Å²) >= 11 is 0. The average molecular weight is 271 g/mol. The van der Waals surface area contributed by atoms with Crippen LogP contribution in [-0.2, 0) is 13.0 Å². The zero-order valence-corrected chi connectivity index (χ0v) is 12.8. The summed E-state index contributed by atoms with van der Waals surface area (Å²) in [5.74, 6) is 0. The van der Waals surface area contributed by atoms with Crippen molar-refractivity contribution in [2.24, 2.45) is 0 Å². The van der Waals surface area contributed by atoms with Gasteiger partial charge in [0.05, 0.1) is 12.2 Å². The second-order valence-electron chi connectivity index (χ2n) is 5.31. The number of anilines is 1. The highest BCUT2D eigenvalue weighted by Gasteiger charge is 2.05. The minimum absolute atomic E-state index is 0.469. The molecule has 1 aromatic heterocycles. The number of hydrogen-bond donors (Lipinski definition) is 1. The van der Waals surface area contributed by atoms with Crippen molar-refractivity contribution in [3.8, 4) is 0 Å². The van der Waals surface area contributed by atoms with Crippen molar-refractivity contribution in [1.82, 2.24) is 9.78 Å². The van der Waals surface area contributed by atoms with E-state index in [9.17, 15) is 0 Å². The summed E-state index contributed by atoms with van der Waals surface area (Å²) in [6.45, 7) is 7.38. The van der Waals surface area contributed by atoms with Crippen LogP contribution in [0.3, 0.4) is 0 Å². The van der Waals surface area contributed by atoms with Crippen LogP contribution in [0.4, 0.5) is 5.69 Å². The van der Waals surface area contributed by atoms with E-state index in [-0.39, 0.29) is 0 Å². The average Bonchev–Trinajstić information content (AvgIpc) is 2.95. The van der Waals surface area contributed by atoms with Crippen molar-refractivity contribution in [2.45, 2.75) is 52.6 Å². The first-order chi connectivity index (χ1) is 9.74. The molecule has 1 heterocycles. The monoisotopic (exact) mass is 271 g/mol. The highest BCUT2D eigenvalue weighted by Crippen LogP contribution is 2.18. The minimum atomic E-state index is 0.469. The van der Waals surface area contributed by atoms with Gasteiger partial charge in [-0.1, -0.05) is 38.5 Å². The molecule has 0 aliphatic heterocycles. The van der Waals surface area contributed by atoms with Crippen LogP contribution in [0.2, 0.25) is 0 Å². The first-order valence-corrected chi connectivity index (χ1v) is 7.60. The predicted octanol–water partition coefficient (Wildman–Crippen LogP) is 4.42. The largest absolute Gasteiger partial charge is 0.379 e. The topological polar surface area (TPSA) is 29.9 Å². The van der Waals surface area contributed by atoms with Gasteiger partial charge in [-0.2, -0.15) is 5.10 Å². The molecule has 1 aromatic carbocycles. The molecule has 0 bridgehead atoms. The first-order valence-electron chi connectivity index (χ1n) is 7.60. The van der Waals surface area contributed by atoms with Gasteiger partial charge in [0, 0.05) is 17.9 Å². The van der Waals surface area contributed by atoms with Gasteiger partial charge < -0.3 is 5.32 Å². The second-order valence-corrected chi connectivity index (χ2v) is 5.31. The Kier molecular flexibility index (Phi) is 5.22. The molecule has 2 rings (SSSR count). The Morgan fingerprint density at radius 3 is 2.75 bits per heavy atom. The summed E-state index contributed by atoms with van der Waals surface area (Å²) in [5.41, 5.74) is 3.71. The standard InChI is InChI=1S/C17H25N3/c1-4-8-15-9-6-7-10-17(15)18-13-16-11-12-20(19-16)14(3)5-2/h6-7,9-12,14,18H,4-5,8,13H2,1-3H3. The zero-order chi connectivity index (χ0) is 14.4. The lowest BCUT2D eigenvalue weighted by Crippen LogP contribution is -2.07. The minimum Gasteiger partial charge on any atom is -0.379 e. The number of nitrogens with zero attached hydrogens (tertiary/aromatic N) is 2. The van der Waals surface area contributed by atoms with Crippen LogP contribution in [0.15, 0.2) is 36.5 Å². The number of aryl methyl sites for hydroxylation is 1. The van der Waals surface area contributed by atoms with Crippen LogP contribution < -0.4 is 5.32 Å².